The second kappa shape index (κ2) is 10.6. The summed E-state index contributed by atoms with van der Waals surface area (Å²) in [6.07, 6.45) is 13.1. The van der Waals surface area contributed by atoms with E-state index >= 15 is 0 Å². The molecule has 0 spiro atoms. The van der Waals surface area contributed by atoms with E-state index in [-0.39, 0.29) is 0 Å². The van der Waals surface area contributed by atoms with E-state index < -0.39 is 0 Å². The van der Waals surface area contributed by atoms with Crippen molar-refractivity contribution in [1.29, 1.82) is 0 Å². The van der Waals surface area contributed by atoms with Crippen LogP contribution in [0.3, 0.4) is 0 Å². The summed E-state index contributed by atoms with van der Waals surface area (Å²) in [5.41, 5.74) is 6.80. The van der Waals surface area contributed by atoms with E-state index in [1.165, 1.54) is 70.1 Å². The van der Waals surface area contributed by atoms with Crippen molar-refractivity contribution >= 4 is 5.95 Å². The fraction of sp³-hybridized carbons (Fsp3) is 0.789. The summed E-state index contributed by atoms with van der Waals surface area (Å²) in [6, 6.07) is 0. The first-order chi connectivity index (χ1) is 11.6. The first-order valence-corrected chi connectivity index (χ1v) is 9.56. The number of likely N-dealkylation sites (tertiary alicyclic amines) is 1. The fourth-order valence-electron chi connectivity index (χ4n) is 3.34. The molecule has 2 heterocycles. The highest BCUT2D eigenvalue weighted by atomic mass is 16.5. The van der Waals surface area contributed by atoms with Crippen molar-refractivity contribution < 1.29 is 4.74 Å². The lowest BCUT2D eigenvalue weighted by atomic mass is 9.91. The van der Waals surface area contributed by atoms with Crippen LogP contribution in [0.4, 0.5) is 5.95 Å². The van der Waals surface area contributed by atoms with Crippen LogP contribution < -0.4 is 5.73 Å². The van der Waals surface area contributed by atoms with Gasteiger partial charge in [-0.3, -0.25) is 0 Å². The minimum atomic E-state index is 0.368. The number of anilines is 1. The number of ether oxygens (including phenoxy) is 1. The normalized spacial score (nSPS) is 16.8. The van der Waals surface area contributed by atoms with E-state index in [4.69, 9.17) is 10.5 Å². The van der Waals surface area contributed by atoms with E-state index in [0.29, 0.717) is 18.0 Å². The maximum Gasteiger partial charge on any atom is 0.219 e. The Hall–Kier alpha value is -1.20. The maximum atomic E-state index is 5.57. The summed E-state index contributed by atoms with van der Waals surface area (Å²) in [7, 11) is 0. The van der Waals surface area contributed by atoms with Gasteiger partial charge in [0.1, 0.15) is 0 Å². The van der Waals surface area contributed by atoms with Crippen molar-refractivity contribution in [1.82, 2.24) is 14.9 Å². The summed E-state index contributed by atoms with van der Waals surface area (Å²) >= 11 is 0. The average molecular weight is 335 g/mol. The van der Waals surface area contributed by atoms with Crippen molar-refractivity contribution in [3.63, 3.8) is 0 Å². The third-order valence-corrected chi connectivity index (χ3v) is 4.82. The number of rotatable bonds is 10. The van der Waals surface area contributed by atoms with Gasteiger partial charge in [-0.2, -0.15) is 0 Å². The van der Waals surface area contributed by atoms with Gasteiger partial charge >= 0.3 is 0 Å². The molecule has 0 aromatic carbocycles. The van der Waals surface area contributed by atoms with Crippen LogP contribution in [-0.4, -0.2) is 47.2 Å². The summed E-state index contributed by atoms with van der Waals surface area (Å²) in [4.78, 5) is 10.8. The smallest absolute Gasteiger partial charge is 0.219 e. The molecule has 2 rings (SSSR count). The quantitative estimate of drug-likeness (QED) is 0.662. The van der Waals surface area contributed by atoms with Crippen LogP contribution in [0, 0.1) is 0 Å². The number of hydrogen-bond acceptors (Lipinski definition) is 5. The van der Waals surface area contributed by atoms with Crippen LogP contribution in [0.5, 0.6) is 0 Å². The van der Waals surface area contributed by atoms with Gasteiger partial charge in [-0.15, -0.1) is 0 Å². The zero-order valence-electron chi connectivity index (χ0n) is 15.4. The number of unbranched alkanes of at least 4 members (excludes halogenated alkanes) is 4. The predicted molar refractivity (Wildman–Crippen MR) is 99.0 cm³/mol. The molecule has 1 aliphatic rings. The average Bonchev–Trinajstić information content (AvgIpc) is 2.58. The Morgan fingerprint density at radius 3 is 2.38 bits per heavy atom. The molecule has 0 radical (unpaired) electrons. The largest absolute Gasteiger partial charge is 0.379 e. The monoisotopic (exact) mass is 334 g/mol. The lowest BCUT2D eigenvalue weighted by Crippen LogP contribution is -2.33. The highest BCUT2D eigenvalue weighted by Gasteiger charge is 2.20. The topological polar surface area (TPSA) is 64.3 Å². The highest BCUT2D eigenvalue weighted by molar-refractivity contribution is 5.20. The number of aromatic nitrogens is 2. The molecule has 5 nitrogen and oxygen atoms in total. The zero-order chi connectivity index (χ0) is 17.2. The Morgan fingerprint density at radius 2 is 1.71 bits per heavy atom. The van der Waals surface area contributed by atoms with Gasteiger partial charge < -0.3 is 15.4 Å². The van der Waals surface area contributed by atoms with E-state index in [2.05, 4.69) is 28.7 Å². The number of nitrogens with two attached hydrogens (primary N) is 1. The lowest BCUT2D eigenvalue weighted by molar-refractivity contribution is 0.0756. The molecular weight excluding hydrogens is 300 g/mol. The minimum Gasteiger partial charge on any atom is -0.379 e. The van der Waals surface area contributed by atoms with Crippen molar-refractivity contribution in [2.45, 2.75) is 70.8 Å². The zero-order valence-corrected chi connectivity index (χ0v) is 15.4. The van der Waals surface area contributed by atoms with Crippen LogP contribution >= 0.6 is 0 Å². The summed E-state index contributed by atoms with van der Waals surface area (Å²) in [6.45, 7) is 8.74. The van der Waals surface area contributed by atoms with E-state index in [1.807, 2.05) is 12.4 Å². The Bertz CT molecular complexity index is 441. The Kier molecular flexibility index (Phi) is 8.47. The van der Waals surface area contributed by atoms with E-state index in [0.717, 1.165) is 6.61 Å². The Labute approximate surface area is 147 Å². The first-order valence-electron chi connectivity index (χ1n) is 9.56. The molecule has 24 heavy (non-hydrogen) atoms. The van der Waals surface area contributed by atoms with E-state index in [9.17, 15) is 0 Å². The number of piperidine rings is 1. The molecule has 1 fully saturated rings. The minimum absolute atomic E-state index is 0.368. The molecular formula is C19H34N4O. The molecule has 0 aliphatic carbocycles. The number of nitrogen functional groups attached to an aromatic ring is 1. The van der Waals surface area contributed by atoms with Crippen LogP contribution in [-0.2, 0) is 4.74 Å². The van der Waals surface area contributed by atoms with Gasteiger partial charge in [0.25, 0.3) is 0 Å². The second-order valence-corrected chi connectivity index (χ2v) is 7.18. The third-order valence-electron chi connectivity index (χ3n) is 4.82. The molecule has 1 aromatic rings. The highest BCUT2D eigenvalue weighted by Crippen LogP contribution is 2.27. The molecule has 1 saturated heterocycles. The van der Waals surface area contributed by atoms with Gasteiger partial charge in [-0.25, -0.2) is 9.97 Å². The van der Waals surface area contributed by atoms with Gasteiger partial charge in [-0.05, 0) is 70.6 Å². The molecule has 1 aromatic heterocycles. The van der Waals surface area contributed by atoms with Gasteiger partial charge in [0.2, 0.25) is 5.95 Å². The molecule has 0 amide bonds. The SMILES string of the molecule is CC(C)OCCCCCCCN1CCC(c2cnc(N)nc2)CC1. The lowest BCUT2D eigenvalue weighted by Gasteiger charge is -2.31. The van der Waals surface area contributed by atoms with Crippen molar-refractivity contribution in [3.8, 4) is 0 Å². The van der Waals surface area contributed by atoms with Gasteiger partial charge in [0, 0.05) is 19.0 Å². The van der Waals surface area contributed by atoms with Crippen molar-refractivity contribution in [2.75, 3.05) is 32.0 Å². The van der Waals surface area contributed by atoms with Crippen molar-refractivity contribution in [3.05, 3.63) is 18.0 Å². The molecule has 136 valence electrons. The molecule has 0 unspecified atom stereocenters. The first kappa shape index (κ1) is 19.1. The predicted octanol–water partition coefficient (Wildman–Crippen LogP) is 3.61. The van der Waals surface area contributed by atoms with Crippen LogP contribution in [0.15, 0.2) is 12.4 Å². The second-order valence-electron chi connectivity index (χ2n) is 7.18. The van der Waals surface area contributed by atoms with Gasteiger partial charge in [0.15, 0.2) is 0 Å². The molecule has 0 bridgehead atoms. The molecule has 0 saturated carbocycles. The van der Waals surface area contributed by atoms with Crippen LogP contribution in [0.1, 0.15) is 70.3 Å². The Morgan fingerprint density at radius 1 is 1.08 bits per heavy atom. The van der Waals surface area contributed by atoms with Crippen LogP contribution in [0.2, 0.25) is 0 Å². The molecule has 2 N–H and O–H groups in total. The van der Waals surface area contributed by atoms with Gasteiger partial charge in [0.05, 0.1) is 6.10 Å². The third kappa shape index (κ3) is 7.14. The summed E-state index contributed by atoms with van der Waals surface area (Å²) in [5.74, 6) is 0.967. The molecule has 1 aliphatic heterocycles. The summed E-state index contributed by atoms with van der Waals surface area (Å²) < 4.78 is 5.57. The standard InChI is InChI=1S/C19H34N4O/c1-16(2)24-13-7-5-3-4-6-10-23-11-8-17(9-12-23)18-14-21-19(20)22-15-18/h14-17H,3-13H2,1-2H3,(H2,20,21,22). The molecule has 0 atom stereocenters. The fourth-order valence-corrected chi connectivity index (χ4v) is 3.34. The Balaban J connectivity index is 1.50. The van der Waals surface area contributed by atoms with Gasteiger partial charge in [-0.1, -0.05) is 19.3 Å². The maximum absolute atomic E-state index is 5.57. The van der Waals surface area contributed by atoms with Crippen molar-refractivity contribution in [2.24, 2.45) is 0 Å². The van der Waals surface area contributed by atoms with E-state index in [1.54, 1.807) is 0 Å². The molecule has 5 heteroatoms. The number of hydrogen-bond donors (Lipinski definition) is 1. The van der Waals surface area contributed by atoms with Crippen LogP contribution in [0.25, 0.3) is 0 Å². The summed E-state index contributed by atoms with van der Waals surface area (Å²) in [5, 5.41) is 0. The number of nitrogens with zero attached hydrogens (tertiary/aromatic N) is 3.